The SMILES string of the molecule is CCCC(C)(N)CN1CC2CCCN2CC1C. The van der Waals surface area contributed by atoms with Crippen LogP contribution < -0.4 is 5.73 Å². The van der Waals surface area contributed by atoms with E-state index in [4.69, 9.17) is 5.73 Å². The van der Waals surface area contributed by atoms with Crippen molar-refractivity contribution in [2.24, 2.45) is 5.73 Å². The van der Waals surface area contributed by atoms with Gasteiger partial charge in [0.25, 0.3) is 0 Å². The van der Waals surface area contributed by atoms with Gasteiger partial charge in [-0.25, -0.2) is 0 Å². The quantitative estimate of drug-likeness (QED) is 0.810. The largest absolute Gasteiger partial charge is 0.324 e. The van der Waals surface area contributed by atoms with Gasteiger partial charge in [-0.1, -0.05) is 13.3 Å². The number of rotatable bonds is 4. The van der Waals surface area contributed by atoms with E-state index in [1.165, 1.54) is 38.9 Å². The van der Waals surface area contributed by atoms with E-state index in [-0.39, 0.29) is 5.54 Å². The second kappa shape index (κ2) is 5.25. The van der Waals surface area contributed by atoms with Crippen LogP contribution in [0.2, 0.25) is 0 Å². The Morgan fingerprint density at radius 2 is 2.12 bits per heavy atom. The maximum atomic E-state index is 6.40. The summed E-state index contributed by atoms with van der Waals surface area (Å²) < 4.78 is 0. The van der Waals surface area contributed by atoms with Crippen molar-refractivity contribution in [1.29, 1.82) is 0 Å². The first-order valence-electron chi connectivity index (χ1n) is 7.29. The Kier molecular flexibility index (Phi) is 4.11. The summed E-state index contributed by atoms with van der Waals surface area (Å²) in [5.74, 6) is 0. The van der Waals surface area contributed by atoms with Crippen molar-refractivity contribution in [1.82, 2.24) is 9.80 Å². The van der Waals surface area contributed by atoms with Crippen LogP contribution in [0, 0.1) is 0 Å². The van der Waals surface area contributed by atoms with Gasteiger partial charge in [0.1, 0.15) is 0 Å². The molecule has 2 heterocycles. The number of hydrogen-bond acceptors (Lipinski definition) is 3. The first kappa shape index (κ1) is 13.3. The predicted molar refractivity (Wildman–Crippen MR) is 73.1 cm³/mol. The lowest BCUT2D eigenvalue weighted by atomic mass is 9.95. The molecule has 0 bridgehead atoms. The molecule has 0 saturated carbocycles. The molecule has 17 heavy (non-hydrogen) atoms. The summed E-state index contributed by atoms with van der Waals surface area (Å²) in [4.78, 5) is 5.30. The predicted octanol–water partition coefficient (Wildman–Crippen LogP) is 1.67. The molecule has 2 rings (SSSR count). The molecule has 0 aliphatic carbocycles. The minimum Gasteiger partial charge on any atom is -0.324 e. The normalized spacial score (nSPS) is 34.6. The molecule has 2 saturated heterocycles. The van der Waals surface area contributed by atoms with Gasteiger partial charge < -0.3 is 5.73 Å². The van der Waals surface area contributed by atoms with Crippen molar-refractivity contribution in [2.45, 2.75) is 64.1 Å². The van der Waals surface area contributed by atoms with Gasteiger partial charge in [0.05, 0.1) is 0 Å². The molecule has 0 radical (unpaired) electrons. The van der Waals surface area contributed by atoms with Crippen LogP contribution in [0.5, 0.6) is 0 Å². The highest BCUT2D eigenvalue weighted by molar-refractivity contribution is 4.94. The minimum atomic E-state index is -0.0101. The van der Waals surface area contributed by atoms with Crippen LogP contribution in [0.25, 0.3) is 0 Å². The van der Waals surface area contributed by atoms with Crippen molar-refractivity contribution in [3.05, 3.63) is 0 Å². The van der Waals surface area contributed by atoms with Crippen LogP contribution in [0.1, 0.15) is 46.5 Å². The van der Waals surface area contributed by atoms with Crippen LogP contribution >= 0.6 is 0 Å². The fourth-order valence-corrected chi connectivity index (χ4v) is 3.58. The van der Waals surface area contributed by atoms with Gasteiger partial charge in [-0.15, -0.1) is 0 Å². The zero-order valence-corrected chi connectivity index (χ0v) is 11.8. The molecule has 2 fully saturated rings. The highest BCUT2D eigenvalue weighted by Gasteiger charge is 2.36. The Morgan fingerprint density at radius 1 is 1.35 bits per heavy atom. The Balaban J connectivity index is 1.92. The zero-order chi connectivity index (χ0) is 12.5. The molecule has 0 aromatic rings. The lowest BCUT2D eigenvalue weighted by Crippen LogP contribution is -2.59. The summed E-state index contributed by atoms with van der Waals surface area (Å²) in [6, 6.07) is 1.48. The van der Waals surface area contributed by atoms with E-state index in [1.54, 1.807) is 0 Å². The van der Waals surface area contributed by atoms with Gasteiger partial charge in [-0.05, 0) is 39.7 Å². The van der Waals surface area contributed by atoms with Crippen molar-refractivity contribution >= 4 is 0 Å². The third kappa shape index (κ3) is 3.21. The van der Waals surface area contributed by atoms with Crippen molar-refractivity contribution < 1.29 is 0 Å². The standard InChI is InChI=1S/C14H29N3/c1-4-7-14(3,15)11-17-10-13-6-5-8-16(13)9-12(17)2/h12-13H,4-11,15H2,1-3H3. The molecule has 2 aliphatic heterocycles. The first-order chi connectivity index (χ1) is 8.02. The Bertz CT molecular complexity index is 252. The summed E-state index contributed by atoms with van der Waals surface area (Å²) in [6.45, 7) is 11.7. The van der Waals surface area contributed by atoms with E-state index < -0.39 is 0 Å². The molecule has 3 unspecified atom stereocenters. The van der Waals surface area contributed by atoms with Crippen LogP contribution in [0.4, 0.5) is 0 Å². The van der Waals surface area contributed by atoms with E-state index in [1.807, 2.05) is 0 Å². The summed E-state index contributed by atoms with van der Waals surface area (Å²) in [6.07, 6.45) is 5.09. The summed E-state index contributed by atoms with van der Waals surface area (Å²) in [5.41, 5.74) is 6.39. The maximum Gasteiger partial charge on any atom is 0.0254 e. The molecule has 0 spiro atoms. The van der Waals surface area contributed by atoms with E-state index in [9.17, 15) is 0 Å². The molecule has 3 atom stereocenters. The topological polar surface area (TPSA) is 32.5 Å². The Morgan fingerprint density at radius 3 is 2.82 bits per heavy atom. The van der Waals surface area contributed by atoms with Crippen molar-refractivity contribution in [2.75, 3.05) is 26.2 Å². The van der Waals surface area contributed by atoms with Crippen LogP contribution in [0.15, 0.2) is 0 Å². The monoisotopic (exact) mass is 239 g/mol. The third-order valence-corrected chi connectivity index (χ3v) is 4.45. The lowest BCUT2D eigenvalue weighted by molar-refractivity contribution is 0.0440. The second-order valence-corrected chi connectivity index (χ2v) is 6.47. The maximum absolute atomic E-state index is 6.40. The first-order valence-corrected chi connectivity index (χ1v) is 7.29. The molecule has 2 aliphatic rings. The van der Waals surface area contributed by atoms with E-state index in [0.29, 0.717) is 6.04 Å². The number of nitrogens with two attached hydrogens (primary N) is 1. The van der Waals surface area contributed by atoms with E-state index in [2.05, 4.69) is 30.6 Å². The number of piperazine rings is 1. The Labute approximate surface area is 106 Å². The molecule has 0 aromatic carbocycles. The van der Waals surface area contributed by atoms with Crippen LogP contribution in [-0.4, -0.2) is 53.6 Å². The summed E-state index contributed by atoms with van der Waals surface area (Å²) in [5, 5.41) is 0. The van der Waals surface area contributed by atoms with Gasteiger partial charge in [0, 0.05) is 37.3 Å². The molecule has 3 nitrogen and oxygen atoms in total. The van der Waals surface area contributed by atoms with Gasteiger partial charge in [0.15, 0.2) is 0 Å². The number of nitrogens with zero attached hydrogens (tertiary/aromatic N) is 2. The van der Waals surface area contributed by atoms with Gasteiger partial charge in [-0.3, -0.25) is 9.80 Å². The highest BCUT2D eigenvalue weighted by atomic mass is 15.3. The highest BCUT2D eigenvalue weighted by Crippen LogP contribution is 2.25. The third-order valence-electron chi connectivity index (χ3n) is 4.45. The summed E-state index contributed by atoms with van der Waals surface area (Å²) in [7, 11) is 0. The Hall–Kier alpha value is -0.120. The second-order valence-electron chi connectivity index (χ2n) is 6.47. The van der Waals surface area contributed by atoms with E-state index >= 15 is 0 Å². The number of fused-ring (bicyclic) bond motifs is 1. The fourth-order valence-electron chi connectivity index (χ4n) is 3.58. The van der Waals surface area contributed by atoms with E-state index in [0.717, 1.165) is 19.0 Å². The smallest absolute Gasteiger partial charge is 0.0254 e. The van der Waals surface area contributed by atoms with Crippen molar-refractivity contribution in [3.63, 3.8) is 0 Å². The van der Waals surface area contributed by atoms with Gasteiger partial charge in [-0.2, -0.15) is 0 Å². The van der Waals surface area contributed by atoms with Gasteiger partial charge in [0.2, 0.25) is 0 Å². The van der Waals surface area contributed by atoms with Crippen molar-refractivity contribution in [3.8, 4) is 0 Å². The molecular weight excluding hydrogens is 210 g/mol. The summed E-state index contributed by atoms with van der Waals surface area (Å²) >= 11 is 0. The molecule has 0 aromatic heterocycles. The molecular formula is C14H29N3. The average Bonchev–Trinajstić information content (AvgIpc) is 2.64. The average molecular weight is 239 g/mol. The molecule has 3 heteroatoms. The molecule has 2 N–H and O–H groups in total. The van der Waals surface area contributed by atoms with Crippen LogP contribution in [-0.2, 0) is 0 Å². The number of hydrogen-bond donors (Lipinski definition) is 1. The lowest BCUT2D eigenvalue weighted by Gasteiger charge is -2.45. The van der Waals surface area contributed by atoms with Crippen LogP contribution in [0.3, 0.4) is 0 Å². The zero-order valence-electron chi connectivity index (χ0n) is 11.8. The van der Waals surface area contributed by atoms with Gasteiger partial charge >= 0.3 is 0 Å². The molecule has 0 amide bonds. The minimum absolute atomic E-state index is 0.0101. The molecule has 100 valence electrons. The fraction of sp³-hybridized carbons (Fsp3) is 1.00.